The molecule has 1 saturated heterocycles. The lowest BCUT2D eigenvalue weighted by atomic mass is 10.0. The number of amides is 1. The minimum Gasteiger partial charge on any atom is -0.381 e. The highest BCUT2D eigenvalue weighted by Crippen LogP contribution is 2.28. The molecule has 152 valence electrons. The summed E-state index contributed by atoms with van der Waals surface area (Å²) in [6.45, 7) is 2.14. The molecule has 0 bridgehead atoms. The number of aromatic nitrogens is 2. The number of hydrogen-bond acceptors (Lipinski definition) is 6. The quantitative estimate of drug-likeness (QED) is 0.474. The van der Waals surface area contributed by atoms with Crippen LogP contribution in [0.25, 0.3) is 20.7 Å². The van der Waals surface area contributed by atoms with Crippen LogP contribution in [0.15, 0.2) is 53.5 Å². The van der Waals surface area contributed by atoms with E-state index in [0.29, 0.717) is 18.2 Å². The summed E-state index contributed by atoms with van der Waals surface area (Å²) in [7, 11) is 0. The standard InChI is InChI=1S/C23H21N3O2S2/c27-23(25-11-16-5-7-28-13-16)20-10-18(22-19(26-20)6-8-29-22)9-15-1-3-17(4-2-15)21-12-24-14-30-21/h1-4,6,8,10,12,14,16H,5,7,9,11,13H2,(H,25,27). The summed E-state index contributed by atoms with van der Waals surface area (Å²) in [6, 6.07) is 12.5. The number of nitrogens with zero attached hydrogens (tertiary/aromatic N) is 2. The normalized spacial score (nSPS) is 16.2. The molecule has 1 fully saturated rings. The van der Waals surface area contributed by atoms with Gasteiger partial charge in [-0.3, -0.25) is 9.78 Å². The molecule has 1 N–H and O–H groups in total. The minimum absolute atomic E-state index is 0.114. The van der Waals surface area contributed by atoms with E-state index in [1.54, 1.807) is 22.7 Å². The number of hydrogen-bond donors (Lipinski definition) is 1. The molecule has 7 heteroatoms. The smallest absolute Gasteiger partial charge is 0.269 e. The molecule has 0 spiro atoms. The summed E-state index contributed by atoms with van der Waals surface area (Å²) in [5.74, 6) is 0.284. The van der Waals surface area contributed by atoms with Crippen molar-refractivity contribution in [3.63, 3.8) is 0 Å². The van der Waals surface area contributed by atoms with Gasteiger partial charge < -0.3 is 10.1 Å². The van der Waals surface area contributed by atoms with E-state index in [4.69, 9.17) is 4.74 Å². The first-order chi connectivity index (χ1) is 14.8. The summed E-state index contributed by atoms with van der Waals surface area (Å²) in [5.41, 5.74) is 6.73. The van der Waals surface area contributed by atoms with Gasteiger partial charge in [0, 0.05) is 25.3 Å². The number of rotatable bonds is 6. The van der Waals surface area contributed by atoms with Gasteiger partial charge in [-0.2, -0.15) is 0 Å². The van der Waals surface area contributed by atoms with Gasteiger partial charge in [0.1, 0.15) is 5.69 Å². The molecule has 1 aromatic carbocycles. The lowest BCUT2D eigenvalue weighted by molar-refractivity contribution is 0.0940. The number of fused-ring (bicyclic) bond motifs is 1. The van der Waals surface area contributed by atoms with Crippen molar-refractivity contribution in [1.29, 1.82) is 0 Å². The summed E-state index contributed by atoms with van der Waals surface area (Å²) in [6.07, 6.45) is 3.65. The molecule has 4 aromatic rings. The highest BCUT2D eigenvalue weighted by Gasteiger charge is 2.18. The van der Waals surface area contributed by atoms with Gasteiger partial charge >= 0.3 is 0 Å². The molecule has 0 saturated carbocycles. The Morgan fingerprint density at radius 3 is 2.87 bits per heavy atom. The zero-order chi connectivity index (χ0) is 20.3. The molecular formula is C23H21N3O2S2. The Morgan fingerprint density at radius 1 is 1.20 bits per heavy atom. The molecule has 5 rings (SSSR count). The van der Waals surface area contributed by atoms with E-state index < -0.39 is 0 Å². The fourth-order valence-corrected chi connectivity index (χ4v) is 5.19. The number of benzene rings is 1. The zero-order valence-electron chi connectivity index (χ0n) is 16.3. The largest absolute Gasteiger partial charge is 0.381 e. The first kappa shape index (κ1) is 19.4. The maximum atomic E-state index is 12.7. The molecule has 1 aliphatic heterocycles. The highest BCUT2D eigenvalue weighted by molar-refractivity contribution is 7.17. The first-order valence-corrected chi connectivity index (χ1v) is 11.7. The van der Waals surface area contributed by atoms with Crippen LogP contribution in [-0.2, 0) is 11.2 Å². The molecule has 1 unspecified atom stereocenters. The van der Waals surface area contributed by atoms with Crippen LogP contribution < -0.4 is 5.32 Å². The third-order valence-electron chi connectivity index (χ3n) is 5.36. The summed E-state index contributed by atoms with van der Waals surface area (Å²) in [5, 5.41) is 5.06. The molecule has 1 atom stereocenters. The number of carbonyl (C=O) groups is 1. The number of thiazole rings is 1. The van der Waals surface area contributed by atoms with Crippen LogP contribution in [0.2, 0.25) is 0 Å². The van der Waals surface area contributed by atoms with Crippen molar-refractivity contribution >= 4 is 38.8 Å². The highest BCUT2D eigenvalue weighted by atomic mass is 32.1. The predicted molar refractivity (Wildman–Crippen MR) is 121 cm³/mol. The third kappa shape index (κ3) is 4.14. The number of pyridine rings is 1. The fraction of sp³-hybridized carbons (Fsp3) is 0.261. The van der Waals surface area contributed by atoms with Crippen molar-refractivity contribution in [1.82, 2.24) is 15.3 Å². The third-order valence-corrected chi connectivity index (χ3v) is 7.16. The van der Waals surface area contributed by atoms with E-state index >= 15 is 0 Å². The zero-order valence-corrected chi connectivity index (χ0v) is 18.0. The fourth-order valence-electron chi connectivity index (χ4n) is 3.71. The van der Waals surface area contributed by atoms with Crippen LogP contribution in [-0.4, -0.2) is 35.6 Å². The van der Waals surface area contributed by atoms with E-state index in [-0.39, 0.29) is 5.91 Å². The monoisotopic (exact) mass is 435 g/mol. The molecule has 0 aliphatic carbocycles. The summed E-state index contributed by atoms with van der Waals surface area (Å²) < 4.78 is 6.53. The second-order valence-corrected chi connectivity index (χ2v) is 9.28. The van der Waals surface area contributed by atoms with Gasteiger partial charge in [0.05, 0.1) is 27.2 Å². The van der Waals surface area contributed by atoms with Gasteiger partial charge in [0.2, 0.25) is 0 Å². The van der Waals surface area contributed by atoms with Crippen LogP contribution in [0.3, 0.4) is 0 Å². The number of ether oxygens (including phenoxy) is 1. The molecule has 1 aliphatic rings. The van der Waals surface area contributed by atoms with Gasteiger partial charge in [-0.25, -0.2) is 4.98 Å². The Morgan fingerprint density at radius 2 is 2.10 bits per heavy atom. The maximum absolute atomic E-state index is 12.7. The van der Waals surface area contributed by atoms with Crippen molar-refractivity contribution in [2.45, 2.75) is 12.8 Å². The van der Waals surface area contributed by atoms with Crippen molar-refractivity contribution in [2.75, 3.05) is 19.8 Å². The Kier molecular flexibility index (Phi) is 5.57. The number of thiophene rings is 1. The van der Waals surface area contributed by atoms with Crippen molar-refractivity contribution in [2.24, 2.45) is 5.92 Å². The topological polar surface area (TPSA) is 64.1 Å². The minimum atomic E-state index is -0.114. The molecule has 30 heavy (non-hydrogen) atoms. The van der Waals surface area contributed by atoms with Crippen LogP contribution in [0, 0.1) is 5.92 Å². The number of carbonyl (C=O) groups excluding carboxylic acids is 1. The van der Waals surface area contributed by atoms with Crippen LogP contribution in [0.1, 0.15) is 28.0 Å². The van der Waals surface area contributed by atoms with E-state index in [0.717, 1.165) is 46.7 Å². The molecular weight excluding hydrogens is 414 g/mol. The Balaban J connectivity index is 1.36. The Bertz CT molecular complexity index is 1150. The van der Waals surface area contributed by atoms with Gasteiger partial charge in [0.25, 0.3) is 5.91 Å². The first-order valence-electron chi connectivity index (χ1n) is 9.97. The maximum Gasteiger partial charge on any atom is 0.269 e. The predicted octanol–water partition coefficient (Wildman–Crippen LogP) is 4.78. The van der Waals surface area contributed by atoms with E-state index in [9.17, 15) is 4.79 Å². The average Bonchev–Trinajstić information content (AvgIpc) is 3.55. The van der Waals surface area contributed by atoms with Gasteiger partial charge in [0.15, 0.2) is 0 Å². The Hall–Kier alpha value is -2.61. The van der Waals surface area contributed by atoms with Crippen LogP contribution in [0.4, 0.5) is 0 Å². The lowest BCUT2D eigenvalue weighted by Crippen LogP contribution is -2.30. The molecule has 0 radical (unpaired) electrons. The second kappa shape index (κ2) is 8.63. The average molecular weight is 436 g/mol. The molecule has 4 heterocycles. The van der Waals surface area contributed by atoms with E-state index in [2.05, 4.69) is 39.6 Å². The lowest BCUT2D eigenvalue weighted by Gasteiger charge is -2.11. The summed E-state index contributed by atoms with van der Waals surface area (Å²) >= 11 is 3.31. The van der Waals surface area contributed by atoms with E-state index in [1.165, 1.54) is 11.1 Å². The van der Waals surface area contributed by atoms with Gasteiger partial charge in [-0.1, -0.05) is 24.3 Å². The number of nitrogens with one attached hydrogen (secondary N) is 1. The van der Waals surface area contributed by atoms with E-state index in [1.807, 2.05) is 29.2 Å². The molecule has 1 amide bonds. The van der Waals surface area contributed by atoms with Crippen molar-refractivity contribution < 1.29 is 9.53 Å². The van der Waals surface area contributed by atoms with Crippen LogP contribution in [0.5, 0.6) is 0 Å². The van der Waals surface area contributed by atoms with Gasteiger partial charge in [-0.05, 0) is 47.0 Å². The Labute approximate surface area is 182 Å². The summed E-state index contributed by atoms with van der Waals surface area (Å²) in [4.78, 5) is 22.6. The SMILES string of the molecule is O=C(NCC1CCOC1)c1cc(Cc2ccc(-c3cncs3)cc2)c2sccc2n1. The van der Waals surface area contributed by atoms with Gasteiger partial charge in [-0.15, -0.1) is 22.7 Å². The van der Waals surface area contributed by atoms with Crippen molar-refractivity contribution in [3.8, 4) is 10.4 Å². The second-order valence-electron chi connectivity index (χ2n) is 7.48. The molecule has 5 nitrogen and oxygen atoms in total. The van der Waals surface area contributed by atoms with Crippen molar-refractivity contribution in [3.05, 3.63) is 70.3 Å². The molecule has 3 aromatic heterocycles. The van der Waals surface area contributed by atoms with Crippen LogP contribution >= 0.6 is 22.7 Å².